The molecule has 1 aliphatic rings. The van der Waals surface area contributed by atoms with E-state index in [0.29, 0.717) is 5.57 Å². The summed E-state index contributed by atoms with van der Waals surface area (Å²) in [4.78, 5) is 22.3. The lowest BCUT2D eigenvalue weighted by molar-refractivity contribution is -0.137. The molecular formula is C10H11NO4. The van der Waals surface area contributed by atoms with Crippen molar-refractivity contribution in [2.24, 2.45) is 0 Å². The van der Waals surface area contributed by atoms with Gasteiger partial charge in [-0.2, -0.15) is 0 Å². The van der Waals surface area contributed by atoms with Crippen molar-refractivity contribution < 1.29 is 19.1 Å². The van der Waals surface area contributed by atoms with Crippen LogP contribution in [0.5, 0.6) is 0 Å². The first-order valence-electron chi connectivity index (χ1n) is 4.20. The first-order chi connectivity index (χ1) is 7.19. The van der Waals surface area contributed by atoms with E-state index >= 15 is 0 Å². The van der Waals surface area contributed by atoms with Crippen LogP contribution in [0.3, 0.4) is 0 Å². The molecule has 0 aliphatic carbocycles. The van der Waals surface area contributed by atoms with Crippen molar-refractivity contribution in [1.82, 2.24) is 5.32 Å². The summed E-state index contributed by atoms with van der Waals surface area (Å²) in [5.41, 5.74) is 0.608. The van der Waals surface area contributed by atoms with Crippen LogP contribution in [0.25, 0.3) is 0 Å². The van der Waals surface area contributed by atoms with Gasteiger partial charge >= 0.3 is 11.9 Å². The molecule has 0 aromatic heterocycles. The molecule has 0 saturated carbocycles. The number of methoxy groups -OCH3 is 2. The van der Waals surface area contributed by atoms with Gasteiger partial charge in [-0.25, -0.2) is 9.59 Å². The summed E-state index contributed by atoms with van der Waals surface area (Å²) in [6.45, 7) is 0. The Morgan fingerprint density at radius 1 is 1.13 bits per heavy atom. The number of rotatable bonds is 2. The summed E-state index contributed by atoms with van der Waals surface area (Å²) in [5, 5.41) is 2.69. The number of ether oxygens (including phenoxy) is 2. The predicted octanol–water partition coefficient (Wildman–Crippen LogP) is 0.260. The zero-order valence-corrected chi connectivity index (χ0v) is 8.44. The number of carbonyl (C=O) groups excluding carboxylic acids is 2. The summed E-state index contributed by atoms with van der Waals surface area (Å²) in [7, 11) is 2.57. The first kappa shape index (κ1) is 11.0. The Labute approximate surface area is 87.0 Å². The van der Waals surface area contributed by atoms with Crippen LogP contribution in [0.2, 0.25) is 0 Å². The predicted molar refractivity (Wildman–Crippen MR) is 52.5 cm³/mol. The van der Waals surface area contributed by atoms with E-state index in [-0.39, 0.29) is 5.70 Å². The van der Waals surface area contributed by atoms with Crippen molar-refractivity contribution in [2.75, 3.05) is 14.2 Å². The third-order valence-electron chi connectivity index (χ3n) is 1.76. The summed E-state index contributed by atoms with van der Waals surface area (Å²) < 4.78 is 9.05. The largest absolute Gasteiger partial charge is 0.465 e. The highest BCUT2D eigenvalue weighted by Gasteiger charge is 2.11. The monoisotopic (exact) mass is 209 g/mol. The van der Waals surface area contributed by atoms with Gasteiger partial charge < -0.3 is 14.8 Å². The van der Waals surface area contributed by atoms with Crippen molar-refractivity contribution in [2.45, 2.75) is 0 Å². The third-order valence-corrected chi connectivity index (χ3v) is 1.76. The number of carbonyl (C=O) groups is 2. The van der Waals surface area contributed by atoms with E-state index in [1.807, 2.05) is 0 Å². The molecule has 0 bridgehead atoms. The van der Waals surface area contributed by atoms with Crippen LogP contribution in [0, 0.1) is 0 Å². The zero-order valence-electron chi connectivity index (χ0n) is 8.44. The molecule has 1 heterocycles. The van der Waals surface area contributed by atoms with Crippen LogP contribution in [-0.2, 0) is 19.1 Å². The van der Waals surface area contributed by atoms with Crippen molar-refractivity contribution in [3.8, 4) is 0 Å². The topological polar surface area (TPSA) is 64.6 Å². The van der Waals surface area contributed by atoms with Crippen LogP contribution in [0.15, 0.2) is 35.7 Å². The van der Waals surface area contributed by atoms with Crippen LogP contribution < -0.4 is 5.32 Å². The quantitative estimate of drug-likeness (QED) is 0.661. The Balaban J connectivity index is 2.89. The third kappa shape index (κ3) is 2.70. The summed E-state index contributed by atoms with van der Waals surface area (Å²) in [6, 6.07) is 0. The molecule has 1 N–H and O–H groups in total. The molecule has 0 atom stereocenters. The molecule has 1 aliphatic heterocycles. The number of hydrogen-bond donors (Lipinski definition) is 1. The Morgan fingerprint density at radius 3 is 2.40 bits per heavy atom. The molecule has 5 nitrogen and oxygen atoms in total. The van der Waals surface area contributed by atoms with Crippen LogP contribution in [-0.4, -0.2) is 26.2 Å². The molecule has 0 amide bonds. The molecule has 0 aromatic carbocycles. The van der Waals surface area contributed by atoms with Crippen LogP contribution in [0.4, 0.5) is 0 Å². The number of hydrogen-bond acceptors (Lipinski definition) is 5. The average Bonchev–Trinajstić information content (AvgIpc) is 2.52. The molecule has 1 rings (SSSR count). The lowest BCUT2D eigenvalue weighted by Gasteiger charge is -2.01. The van der Waals surface area contributed by atoms with E-state index in [9.17, 15) is 9.59 Å². The Hall–Kier alpha value is -2.04. The molecule has 0 radical (unpaired) electrons. The normalized spacial score (nSPS) is 14.3. The van der Waals surface area contributed by atoms with Gasteiger partial charge in [0.1, 0.15) is 5.70 Å². The number of nitrogens with one attached hydrogen (secondary N) is 1. The van der Waals surface area contributed by atoms with E-state index in [4.69, 9.17) is 0 Å². The maximum atomic E-state index is 11.2. The fourth-order valence-electron chi connectivity index (χ4n) is 0.989. The zero-order chi connectivity index (χ0) is 11.3. The van der Waals surface area contributed by atoms with Crippen molar-refractivity contribution in [3.63, 3.8) is 0 Å². The molecule has 15 heavy (non-hydrogen) atoms. The molecule has 0 fully saturated rings. The van der Waals surface area contributed by atoms with E-state index in [2.05, 4.69) is 14.8 Å². The van der Waals surface area contributed by atoms with E-state index in [0.717, 1.165) is 0 Å². The maximum Gasteiger partial charge on any atom is 0.354 e. The van der Waals surface area contributed by atoms with Gasteiger partial charge in [0.25, 0.3) is 0 Å². The number of allylic oxidation sites excluding steroid dienone is 2. The van der Waals surface area contributed by atoms with Gasteiger partial charge in [-0.15, -0.1) is 0 Å². The average molecular weight is 209 g/mol. The Morgan fingerprint density at radius 2 is 1.80 bits per heavy atom. The number of esters is 2. The second-order valence-corrected chi connectivity index (χ2v) is 2.66. The lowest BCUT2D eigenvalue weighted by atomic mass is 10.2. The van der Waals surface area contributed by atoms with Gasteiger partial charge in [-0.1, -0.05) is 0 Å². The molecule has 0 unspecified atom stereocenters. The van der Waals surface area contributed by atoms with Crippen LogP contribution in [0.1, 0.15) is 0 Å². The van der Waals surface area contributed by atoms with Gasteiger partial charge in [0, 0.05) is 6.20 Å². The first-order valence-corrected chi connectivity index (χ1v) is 4.20. The molecule has 80 valence electrons. The van der Waals surface area contributed by atoms with Crippen molar-refractivity contribution >= 4 is 11.9 Å². The fourth-order valence-corrected chi connectivity index (χ4v) is 0.989. The van der Waals surface area contributed by atoms with Gasteiger partial charge in [-0.05, 0) is 18.2 Å². The highest BCUT2D eigenvalue weighted by atomic mass is 16.5. The molecule has 0 aromatic rings. The highest BCUT2D eigenvalue weighted by molar-refractivity contribution is 5.93. The smallest absolute Gasteiger partial charge is 0.354 e. The van der Waals surface area contributed by atoms with E-state index < -0.39 is 11.9 Å². The van der Waals surface area contributed by atoms with E-state index in [1.54, 1.807) is 0 Å². The molecular weight excluding hydrogens is 198 g/mol. The van der Waals surface area contributed by atoms with Gasteiger partial charge in [0.15, 0.2) is 0 Å². The summed E-state index contributed by atoms with van der Waals surface area (Å²) in [6.07, 6.45) is 5.92. The lowest BCUT2D eigenvalue weighted by Crippen LogP contribution is -2.15. The highest BCUT2D eigenvalue weighted by Crippen LogP contribution is 2.06. The standard InChI is InChI=1S/C10H11NO4/c1-14-9(12)7-3-4-8(10(13)15-2)11-6-5-7/h3-6,11H,1-2H3. The summed E-state index contributed by atoms with van der Waals surface area (Å²) >= 11 is 0. The second kappa shape index (κ2) is 4.99. The Bertz CT molecular complexity index is 366. The molecule has 5 heteroatoms. The summed E-state index contributed by atoms with van der Waals surface area (Å²) in [5.74, 6) is -0.961. The van der Waals surface area contributed by atoms with Gasteiger partial charge in [0.05, 0.1) is 19.8 Å². The molecule has 0 spiro atoms. The SMILES string of the molecule is COC(=O)C1=CC=C(C(=O)OC)NC=C1. The second-order valence-electron chi connectivity index (χ2n) is 2.66. The Kier molecular flexibility index (Phi) is 3.68. The minimum Gasteiger partial charge on any atom is -0.465 e. The minimum absolute atomic E-state index is 0.257. The maximum absolute atomic E-state index is 11.2. The fraction of sp³-hybridized carbons (Fsp3) is 0.200. The van der Waals surface area contributed by atoms with Crippen molar-refractivity contribution in [3.05, 3.63) is 35.7 Å². The molecule has 0 saturated heterocycles. The van der Waals surface area contributed by atoms with Gasteiger partial charge in [-0.3, -0.25) is 0 Å². The minimum atomic E-state index is -0.498. The van der Waals surface area contributed by atoms with Gasteiger partial charge in [0.2, 0.25) is 0 Å². The van der Waals surface area contributed by atoms with Crippen molar-refractivity contribution in [1.29, 1.82) is 0 Å². The van der Waals surface area contributed by atoms with E-state index in [1.165, 1.54) is 38.6 Å². The van der Waals surface area contributed by atoms with Crippen LogP contribution >= 0.6 is 0 Å².